The van der Waals surface area contributed by atoms with Crippen molar-refractivity contribution < 1.29 is 9.53 Å². The van der Waals surface area contributed by atoms with Crippen molar-refractivity contribution in [3.63, 3.8) is 0 Å². The Morgan fingerprint density at radius 3 is 2.21 bits per heavy atom. The molecule has 2 N–H and O–H groups in total. The highest BCUT2D eigenvalue weighted by molar-refractivity contribution is 6.02. The van der Waals surface area contributed by atoms with Gasteiger partial charge in [0.05, 0.1) is 12.7 Å². The van der Waals surface area contributed by atoms with Crippen LogP contribution in [0.4, 0.5) is 0 Å². The Balaban J connectivity index is 2.76. The molecule has 0 saturated carbocycles. The number of ether oxygens (including phenoxy) is 1. The highest BCUT2D eigenvalue weighted by atomic mass is 16.5. The average molecular weight is 328 g/mol. The first kappa shape index (κ1) is 18.1. The molecule has 0 radical (unpaired) electrons. The van der Waals surface area contributed by atoms with Crippen LogP contribution in [0.3, 0.4) is 0 Å². The third-order valence-electron chi connectivity index (χ3n) is 5.00. The molecular formula is C20H28N2O2. The maximum absolute atomic E-state index is 12.2. The van der Waals surface area contributed by atoms with Gasteiger partial charge in [-0.25, -0.2) is 0 Å². The number of aromatic nitrogens is 1. The van der Waals surface area contributed by atoms with Crippen LogP contribution in [-0.4, -0.2) is 17.6 Å². The number of carbonyl (C=O) groups excluding carboxylic acids is 1. The van der Waals surface area contributed by atoms with Crippen LogP contribution in [0.15, 0.2) is 18.2 Å². The average Bonchev–Trinajstić information content (AvgIpc) is 2.77. The number of carbonyl (C=O) groups is 1. The summed E-state index contributed by atoms with van der Waals surface area (Å²) in [6.07, 6.45) is 0. The SMILES string of the molecule is COc1ccc(-c2c(C(N)=O)c(C)n(C(C)C(C)C)c2C)cc1C. The van der Waals surface area contributed by atoms with Gasteiger partial charge in [0.1, 0.15) is 5.75 Å². The molecule has 0 bridgehead atoms. The maximum Gasteiger partial charge on any atom is 0.251 e. The van der Waals surface area contributed by atoms with Crippen LogP contribution >= 0.6 is 0 Å². The first-order valence-electron chi connectivity index (χ1n) is 8.36. The van der Waals surface area contributed by atoms with Crippen molar-refractivity contribution in [3.05, 3.63) is 40.7 Å². The van der Waals surface area contributed by atoms with Crippen LogP contribution in [0.2, 0.25) is 0 Å². The molecule has 4 heteroatoms. The van der Waals surface area contributed by atoms with Crippen molar-refractivity contribution in [2.75, 3.05) is 7.11 Å². The zero-order valence-electron chi connectivity index (χ0n) is 15.7. The summed E-state index contributed by atoms with van der Waals surface area (Å²) in [5, 5.41) is 0. The minimum atomic E-state index is -0.381. The summed E-state index contributed by atoms with van der Waals surface area (Å²) in [4.78, 5) is 12.2. The molecule has 2 rings (SSSR count). The number of amides is 1. The highest BCUT2D eigenvalue weighted by Crippen LogP contribution is 2.37. The third kappa shape index (κ3) is 2.93. The lowest BCUT2D eigenvalue weighted by Crippen LogP contribution is -2.16. The smallest absolute Gasteiger partial charge is 0.251 e. The monoisotopic (exact) mass is 328 g/mol. The van der Waals surface area contributed by atoms with Gasteiger partial charge >= 0.3 is 0 Å². The van der Waals surface area contributed by atoms with Gasteiger partial charge in [0.25, 0.3) is 5.91 Å². The summed E-state index contributed by atoms with van der Waals surface area (Å²) in [5.41, 5.74) is 11.3. The minimum Gasteiger partial charge on any atom is -0.496 e. The molecule has 0 aliphatic rings. The molecule has 0 saturated heterocycles. The van der Waals surface area contributed by atoms with Crippen LogP contribution in [0.1, 0.15) is 54.1 Å². The van der Waals surface area contributed by atoms with E-state index in [-0.39, 0.29) is 11.9 Å². The fraction of sp³-hybridized carbons (Fsp3) is 0.450. The number of aryl methyl sites for hydroxylation is 1. The molecule has 1 atom stereocenters. The van der Waals surface area contributed by atoms with E-state index in [1.54, 1.807) is 7.11 Å². The Bertz CT molecular complexity index is 772. The lowest BCUT2D eigenvalue weighted by atomic mass is 9.98. The maximum atomic E-state index is 12.2. The van der Waals surface area contributed by atoms with E-state index in [2.05, 4.69) is 38.3 Å². The Hall–Kier alpha value is -2.23. The van der Waals surface area contributed by atoms with Crippen molar-refractivity contribution >= 4 is 5.91 Å². The predicted octanol–water partition coefficient (Wildman–Crippen LogP) is 4.40. The first-order chi connectivity index (χ1) is 11.2. The Kier molecular flexibility index (Phi) is 5.07. The standard InChI is InChI=1S/C20H28N2O2/c1-11(2)13(4)22-14(5)18(19(15(22)6)20(21)23)16-8-9-17(24-7)12(3)10-16/h8-11,13H,1-7H3,(H2,21,23). The van der Waals surface area contributed by atoms with Gasteiger partial charge in [0.2, 0.25) is 0 Å². The summed E-state index contributed by atoms with van der Waals surface area (Å²) in [6, 6.07) is 6.27. The van der Waals surface area contributed by atoms with Gasteiger partial charge in [-0.3, -0.25) is 4.79 Å². The fourth-order valence-electron chi connectivity index (χ4n) is 3.45. The number of rotatable bonds is 5. The topological polar surface area (TPSA) is 57.2 Å². The second-order valence-electron chi connectivity index (χ2n) is 6.82. The quantitative estimate of drug-likeness (QED) is 0.884. The zero-order chi connectivity index (χ0) is 18.2. The van der Waals surface area contributed by atoms with Crippen molar-refractivity contribution in [3.8, 4) is 16.9 Å². The van der Waals surface area contributed by atoms with E-state index in [0.717, 1.165) is 33.8 Å². The van der Waals surface area contributed by atoms with Gasteiger partial charge in [-0.15, -0.1) is 0 Å². The molecule has 1 aromatic heterocycles. The molecule has 130 valence electrons. The molecule has 0 fully saturated rings. The van der Waals surface area contributed by atoms with Crippen LogP contribution < -0.4 is 10.5 Å². The van der Waals surface area contributed by atoms with Gasteiger partial charge in [-0.05, 0) is 56.9 Å². The molecule has 4 nitrogen and oxygen atoms in total. The van der Waals surface area contributed by atoms with Crippen molar-refractivity contribution in [1.29, 1.82) is 0 Å². The normalized spacial score (nSPS) is 12.5. The highest BCUT2D eigenvalue weighted by Gasteiger charge is 2.26. The van der Waals surface area contributed by atoms with E-state index < -0.39 is 0 Å². The molecule has 0 aliphatic carbocycles. The first-order valence-corrected chi connectivity index (χ1v) is 8.36. The van der Waals surface area contributed by atoms with Crippen LogP contribution in [0.25, 0.3) is 11.1 Å². The number of primary amides is 1. The van der Waals surface area contributed by atoms with Gasteiger partial charge in [-0.2, -0.15) is 0 Å². The lowest BCUT2D eigenvalue weighted by Gasteiger charge is -2.22. The summed E-state index contributed by atoms with van der Waals surface area (Å²) < 4.78 is 7.58. The summed E-state index contributed by atoms with van der Waals surface area (Å²) in [5.74, 6) is 0.915. The molecule has 1 amide bonds. The number of hydrogen-bond donors (Lipinski definition) is 1. The van der Waals surface area contributed by atoms with Gasteiger partial charge in [0.15, 0.2) is 0 Å². The Labute approximate surface area is 144 Å². The van der Waals surface area contributed by atoms with Gasteiger partial charge < -0.3 is 15.0 Å². The fourth-order valence-corrected chi connectivity index (χ4v) is 3.45. The van der Waals surface area contributed by atoms with Crippen LogP contribution in [0.5, 0.6) is 5.75 Å². The molecule has 1 aromatic carbocycles. The van der Waals surface area contributed by atoms with Crippen molar-refractivity contribution in [2.45, 2.75) is 47.6 Å². The largest absolute Gasteiger partial charge is 0.496 e. The van der Waals surface area contributed by atoms with E-state index in [1.807, 2.05) is 26.0 Å². The van der Waals surface area contributed by atoms with Gasteiger partial charge in [-0.1, -0.05) is 19.9 Å². The Morgan fingerprint density at radius 2 is 1.75 bits per heavy atom. The lowest BCUT2D eigenvalue weighted by molar-refractivity contribution is 0.1000. The molecule has 1 heterocycles. The van der Waals surface area contributed by atoms with E-state index in [0.29, 0.717) is 11.5 Å². The summed E-state index contributed by atoms with van der Waals surface area (Å²) in [6.45, 7) is 12.6. The van der Waals surface area contributed by atoms with E-state index >= 15 is 0 Å². The summed E-state index contributed by atoms with van der Waals surface area (Å²) in [7, 11) is 1.66. The van der Waals surface area contributed by atoms with E-state index in [9.17, 15) is 4.79 Å². The van der Waals surface area contributed by atoms with Gasteiger partial charge in [0, 0.05) is 23.0 Å². The second-order valence-corrected chi connectivity index (χ2v) is 6.82. The van der Waals surface area contributed by atoms with Crippen molar-refractivity contribution in [1.82, 2.24) is 4.57 Å². The predicted molar refractivity (Wildman–Crippen MR) is 98.7 cm³/mol. The molecule has 2 aromatic rings. The van der Waals surface area contributed by atoms with Crippen LogP contribution in [0, 0.1) is 26.7 Å². The van der Waals surface area contributed by atoms with E-state index in [1.165, 1.54) is 0 Å². The molecule has 1 unspecified atom stereocenters. The minimum absolute atomic E-state index is 0.288. The Morgan fingerprint density at radius 1 is 1.12 bits per heavy atom. The third-order valence-corrected chi connectivity index (χ3v) is 5.00. The second kappa shape index (κ2) is 6.71. The zero-order valence-corrected chi connectivity index (χ0v) is 15.7. The van der Waals surface area contributed by atoms with Crippen LogP contribution in [-0.2, 0) is 0 Å². The number of nitrogens with two attached hydrogens (primary N) is 1. The molecule has 24 heavy (non-hydrogen) atoms. The number of methoxy groups -OCH3 is 1. The number of nitrogens with zero attached hydrogens (tertiary/aromatic N) is 1. The molecule has 0 spiro atoms. The molecular weight excluding hydrogens is 300 g/mol. The number of hydrogen-bond acceptors (Lipinski definition) is 2. The van der Waals surface area contributed by atoms with E-state index in [4.69, 9.17) is 10.5 Å². The number of benzene rings is 1. The van der Waals surface area contributed by atoms with Crippen molar-refractivity contribution in [2.24, 2.45) is 11.7 Å². The molecule has 0 aliphatic heterocycles. The summed E-state index contributed by atoms with van der Waals surface area (Å²) >= 11 is 0.